The van der Waals surface area contributed by atoms with Gasteiger partial charge in [-0.25, -0.2) is 0 Å². The minimum atomic E-state index is -1.16. The summed E-state index contributed by atoms with van der Waals surface area (Å²) in [4.78, 5) is 48.4. The van der Waals surface area contributed by atoms with Gasteiger partial charge in [0.2, 0.25) is 11.7 Å². The number of ketones is 1. The molecule has 0 aromatic heterocycles. The molecule has 9 nitrogen and oxygen atoms in total. The molecule has 0 fully saturated rings. The lowest BCUT2D eigenvalue weighted by atomic mass is 10.00. The van der Waals surface area contributed by atoms with Crippen molar-refractivity contribution in [2.24, 2.45) is 0 Å². The zero-order chi connectivity index (χ0) is 24.5. The van der Waals surface area contributed by atoms with Crippen molar-refractivity contribution in [1.82, 2.24) is 0 Å². The van der Waals surface area contributed by atoms with Crippen LogP contribution in [0.15, 0.2) is 78.9 Å². The van der Waals surface area contributed by atoms with E-state index in [2.05, 4.69) is 5.32 Å². The van der Waals surface area contributed by atoms with Crippen LogP contribution < -0.4 is 10.1 Å². The highest BCUT2D eigenvalue weighted by Crippen LogP contribution is 2.29. The lowest BCUT2D eigenvalue weighted by molar-refractivity contribution is -0.384. The van der Waals surface area contributed by atoms with Crippen molar-refractivity contribution in [3.8, 4) is 5.75 Å². The Labute approximate surface area is 195 Å². The van der Waals surface area contributed by atoms with E-state index in [0.29, 0.717) is 11.1 Å². The number of carbonyl (C=O) groups excluding carboxylic acids is 3. The minimum Gasteiger partial charge on any atom is -0.496 e. The lowest BCUT2D eigenvalue weighted by Gasteiger charge is -2.17. The number of nitrogens with one attached hydrogen (secondary N) is 1. The molecule has 0 saturated heterocycles. The summed E-state index contributed by atoms with van der Waals surface area (Å²) in [7, 11) is 1.37. The summed E-state index contributed by atoms with van der Waals surface area (Å²) < 4.78 is 10.4. The smallest absolute Gasteiger partial charge is 0.307 e. The van der Waals surface area contributed by atoms with E-state index >= 15 is 0 Å². The molecule has 3 aromatic carbocycles. The van der Waals surface area contributed by atoms with Gasteiger partial charge in [0.1, 0.15) is 11.4 Å². The van der Waals surface area contributed by atoms with Gasteiger partial charge in [-0.1, -0.05) is 60.7 Å². The molecule has 0 aliphatic heterocycles. The molecular formula is C25H22N2O7. The van der Waals surface area contributed by atoms with Gasteiger partial charge in [-0.2, -0.15) is 0 Å². The summed E-state index contributed by atoms with van der Waals surface area (Å²) in [6.07, 6.45) is -1.77. The van der Waals surface area contributed by atoms with Crippen LogP contribution in [0.2, 0.25) is 0 Å². The van der Waals surface area contributed by atoms with Gasteiger partial charge in [-0.05, 0) is 12.1 Å². The highest BCUT2D eigenvalue weighted by molar-refractivity contribution is 6.01. The third kappa shape index (κ3) is 6.26. The normalized spacial score (nSPS) is 11.2. The number of hydrogen-bond donors (Lipinski definition) is 1. The summed E-state index contributed by atoms with van der Waals surface area (Å²) in [5, 5.41) is 13.7. The Morgan fingerprint density at radius 2 is 1.59 bits per heavy atom. The molecule has 34 heavy (non-hydrogen) atoms. The Kier molecular flexibility index (Phi) is 8.07. The molecular weight excluding hydrogens is 440 g/mol. The molecule has 0 aliphatic carbocycles. The van der Waals surface area contributed by atoms with Gasteiger partial charge in [-0.3, -0.25) is 24.5 Å². The highest BCUT2D eigenvalue weighted by Gasteiger charge is 2.26. The second-order valence-electron chi connectivity index (χ2n) is 7.20. The molecule has 0 heterocycles. The molecule has 0 spiro atoms. The fourth-order valence-electron chi connectivity index (χ4n) is 3.17. The number of nitrogens with zero attached hydrogens (tertiary/aromatic N) is 1. The first kappa shape index (κ1) is 24.1. The standard InChI is InChI=1S/C25H22N2O7/c1-33-19-12-13-20(21(16-19)27(31)32)26-22(28)14-15-23(29)34-25(18-10-6-3-7-11-18)24(30)17-8-4-2-5-9-17/h2-13,16,25H,14-15H2,1H3,(H,26,28)/t25-/m0/s1. The zero-order valence-electron chi connectivity index (χ0n) is 18.3. The van der Waals surface area contributed by atoms with Gasteiger partial charge in [0, 0.05) is 17.5 Å². The number of ether oxygens (including phenoxy) is 2. The number of rotatable bonds is 10. The van der Waals surface area contributed by atoms with Gasteiger partial charge >= 0.3 is 5.97 Å². The predicted octanol–water partition coefficient (Wildman–Crippen LogP) is 4.49. The molecule has 1 amide bonds. The van der Waals surface area contributed by atoms with Gasteiger partial charge in [0.25, 0.3) is 5.69 Å². The molecule has 1 N–H and O–H groups in total. The van der Waals surface area contributed by atoms with Crippen LogP contribution in [0, 0.1) is 10.1 Å². The number of esters is 1. The number of methoxy groups -OCH3 is 1. The highest BCUT2D eigenvalue weighted by atomic mass is 16.6. The first-order valence-electron chi connectivity index (χ1n) is 10.3. The number of benzene rings is 3. The first-order valence-corrected chi connectivity index (χ1v) is 10.3. The number of Topliss-reactive ketones (excluding diaryl/α,β-unsaturated/α-hetero) is 1. The molecule has 0 saturated carbocycles. The average Bonchev–Trinajstić information content (AvgIpc) is 2.86. The SMILES string of the molecule is COc1ccc(NC(=O)CCC(=O)O[C@H](C(=O)c2ccccc2)c2ccccc2)c([N+](=O)[O-])c1. The van der Waals surface area contributed by atoms with Crippen LogP contribution in [-0.2, 0) is 14.3 Å². The predicted molar refractivity (Wildman–Crippen MR) is 124 cm³/mol. The number of carbonyl (C=O) groups is 3. The maximum Gasteiger partial charge on any atom is 0.307 e. The molecule has 0 unspecified atom stereocenters. The van der Waals surface area contributed by atoms with Crippen LogP contribution in [0.4, 0.5) is 11.4 Å². The second kappa shape index (κ2) is 11.4. The summed E-state index contributed by atoms with van der Waals surface area (Å²) in [6.45, 7) is 0. The quantitative estimate of drug-likeness (QED) is 0.204. The largest absolute Gasteiger partial charge is 0.496 e. The third-order valence-electron chi connectivity index (χ3n) is 4.88. The Morgan fingerprint density at radius 3 is 2.21 bits per heavy atom. The molecule has 1 atom stereocenters. The monoisotopic (exact) mass is 462 g/mol. The minimum absolute atomic E-state index is 0.0226. The number of amides is 1. The Bertz CT molecular complexity index is 1180. The maximum absolute atomic E-state index is 13.0. The van der Waals surface area contributed by atoms with Crippen molar-refractivity contribution in [2.45, 2.75) is 18.9 Å². The summed E-state index contributed by atoms with van der Waals surface area (Å²) in [5.41, 5.74) is 0.523. The average molecular weight is 462 g/mol. The molecule has 0 bridgehead atoms. The Balaban J connectivity index is 1.66. The van der Waals surface area contributed by atoms with Crippen LogP contribution >= 0.6 is 0 Å². The Morgan fingerprint density at radius 1 is 0.941 bits per heavy atom. The number of nitro benzene ring substituents is 1. The maximum atomic E-state index is 13.0. The van der Waals surface area contributed by atoms with Crippen LogP contribution in [0.5, 0.6) is 5.75 Å². The van der Waals surface area contributed by atoms with Crippen molar-refractivity contribution in [2.75, 3.05) is 12.4 Å². The van der Waals surface area contributed by atoms with E-state index in [4.69, 9.17) is 9.47 Å². The van der Waals surface area contributed by atoms with Crippen LogP contribution in [-0.4, -0.2) is 29.7 Å². The van der Waals surface area contributed by atoms with Gasteiger partial charge < -0.3 is 14.8 Å². The van der Waals surface area contributed by atoms with E-state index in [1.165, 1.54) is 25.3 Å². The van der Waals surface area contributed by atoms with Crippen molar-refractivity contribution in [3.05, 3.63) is 100 Å². The molecule has 9 heteroatoms. The van der Waals surface area contributed by atoms with E-state index in [1.807, 2.05) is 0 Å². The van der Waals surface area contributed by atoms with Crippen molar-refractivity contribution < 1.29 is 28.8 Å². The van der Waals surface area contributed by atoms with E-state index in [-0.39, 0.29) is 30.0 Å². The summed E-state index contributed by atoms with van der Waals surface area (Å²) in [6, 6.07) is 21.0. The first-order chi connectivity index (χ1) is 16.4. The molecule has 3 aromatic rings. The van der Waals surface area contributed by atoms with E-state index in [1.54, 1.807) is 60.7 Å². The summed E-state index contributed by atoms with van der Waals surface area (Å²) >= 11 is 0. The topological polar surface area (TPSA) is 125 Å². The van der Waals surface area contributed by atoms with E-state index in [0.717, 1.165) is 0 Å². The van der Waals surface area contributed by atoms with E-state index in [9.17, 15) is 24.5 Å². The lowest BCUT2D eigenvalue weighted by Crippen LogP contribution is -2.21. The van der Waals surface area contributed by atoms with Crippen molar-refractivity contribution in [1.29, 1.82) is 0 Å². The fraction of sp³-hybridized carbons (Fsp3) is 0.160. The van der Waals surface area contributed by atoms with Gasteiger partial charge in [-0.15, -0.1) is 0 Å². The zero-order valence-corrected chi connectivity index (χ0v) is 18.3. The third-order valence-corrected chi connectivity index (χ3v) is 4.88. The molecule has 0 aliphatic rings. The van der Waals surface area contributed by atoms with Gasteiger partial charge in [0.15, 0.2) is 6.10 Å². The fourth-order valence-corrected chi connectivity index (χ4v) is 3.17. The van der Waals surface area contributed by atoms with Crippen LogP contribution in [0.3, 0.4) is 0 Å². The number of anilines is 1. The molecule has 174 valence electrons. The van der Waals surface area contributed by atoms with Crippen molar-refractivity contribution in [3.63, 3.8) is 0 Å². The van der Waals surface area contributed by atoms with Crippen molar-refractivity contribution >= 4 is 29.0 Å². The molecule has 3 rings (SSSR count). The second-order valence-corrected chi connectivity index (χ2v) is 7.20. The van der Waals surface area contributed by atoms with E-state index < -0.39 is 28.7 Å². The van der Waals surface area contributed by atoms with Gasteiger partial charge in [0.05, 0.1) is 24.5 Å². The molecule has 0 radical (unpaired) electrons. The van der Waals surface area contributed by atoms with Crippen LogP contribution in [0.25, 0.3) is 0 Å². The van der Waals surface area contributed by atoms with Crippen LogP contribution in [0.1, 0.15) is 34.9 Å². The number of nitro groups is 1. The summed E-state index contributed by atoms with van der Waals surface area (Å²) in [5.74, 6) is -1.49. The Hall–Kier alpha value is -4.53. The number of hydrogen-bond acceptors (Lipinski definition) is 7.